The molecule has 0 unspecified atom stereocenters. The number of amides is 2. The van der Waals surface area contributed by atoms with Gasteiger partial charge in [0.25, 0.3) is 0 Å². The van der Waals surface area contributed by atoms with Gasteiger partial charge in [0, 0.05) is 24.5 Å². The van der Waals surface area contributed by atoms with E-state index in [4.69, 9.17) is 0 Å². The van der Waals surface area contributed by atoms with Gasteiger partial charge in [0.1, 0.15) is 0 Å². The molecule has 1 aromatic carbocycles. The molecular weight excluding hydrogens is 284 g/mol. The maximum Gasteiger partial charge on any atom is 0.224 e. The molecule has 0 saturated carbocycles. The van der Waals surface area contributed by atoms with Crippen molar-refractivity contribution in [1.29, 1.82) is 0 Å². The molecule has 2 amide bonds. The molecule has 0 spiro atoms. The SMILES string of the molecule is CC(=O)NCCNC(=O)Cc1ccc(Br)cc1. The quantitative estimate of drug-likeness (QED) is 0.804. The fourth-order valence-corrected chi connectivity index (χ4v) is 1.55. The first-order valence-corrected chi connectivity index (χ1v) is 6.13. The van der Waals surface area contributed by atoms with Crippen molar-refractivity contribution in [2.75, 3.05) is 13.1 Å². The van der Waals surface area contributed by atoms with Crippen LogP contribution in [0.5, 0.6) is 0 Å². The lowest BCUT2D eigenvalue weighted by Gasteiger charge is -2.05. The summed E-state index contributed by atoms with van der Waals surface area (Å²) >= 11 is 3.34. The summed E-state index contributed by atoms with van der Waals surface area (Å²) in [6.45, 7) is 2.36. The van der Waals surface area contributed by atoms with Crippen LogP contribution >= 0.6 is 15.9 Å². The highest BCUT2D eigenvalue weighted by molar-refractivity contribution is 9.10. The first-order chi connectivity index (χ1) is 8.08. The average Bonchev–Trinajstić information content (AvgIpc) is 2.27. The first kappa shape index (κ1) is 13.7. The molecule has 0 atom stereocenters. The zero-order valence-corrected chi connectivity index (χ0v) is 11.2. The number of benzene rings is 1. The van der Waals surface area contributed by atoms with Crippen LogP contribution in [0.3, 0.4) is 0 Å². The molecule has 0 fully saturated rings. The number of nitrogens with one attached hydrogen (secondary N) is 2. The van der Waals surface area contributed by atoms with Gasteiger partial charge in [-0.15, -0.1) is 0 Å². The number of hydrogen-bond acceptors (Lipinski definition) is 2. The average molecular weight is 299 g/mol. The fourth-order valence-electron chi connectivity index (χ4n) is 1.29. The normalized spacial score (nSPS) is 9.76. The molecule has 0 aromatic heterocycles. The Morgan fingerprint density at radius 3 is 2.29 bits per heavy atom. The van der Waals surface area contributed by atoms with E-state index in [1.165, 1.54) is 6.92 Å². The van der Waals surface area contributed by atoms with E-state index in [-0.39, 0.29) is 11.8 Å². The maximum absolute atomic E-state index is 11.5. The van der Waals surface area contributed by atoms with E-state index < -0.39 is 0 Å². The number of carbonyl (C=O) groups is 2. The van der Waals surface area contributed by atoms with Gasteiger partial charge >= 0.3 is 0 Å². The van der Waals surface area contributed by atoms with Crippen molar-refractivity contribution in [1.82, 2.24) is 10.6 Å². The van der Waals surface area contributed by atoms with Gasteiger partial charge in [0.15, 0.2) is 0 Å². The van der Waals surface area contributed by atoms with Crippen molar-refractivity contribution in [2.24, 2.45) is 0 Å². The van der Waals surface area contributed by atoms with Crippen LogP contribution in [0.25, 0.3) is 0 Å². The highest BCUT2D eigenvalue weighted by atomic mass is 79.9. The van der Waals surface area contributed by atoms with E-state index in [0.29, 0.717) is 19.5 Å². The Hall–Kier alpha value is -1.36. The number of halogens is 1. The van der Waals surface area contributed by atoms with Crippen LogP contribution in [0, 0.1) is 0 Å². The maximum atomic E-state index is 11.5. The number of rotatable bonds is 5. The predicted octanol–water partition coefficient (Wildman–Crippen LogP) is 1.24. The molecule has 92 valence electrons. The van der Waals surface area contributed by atoms with Crippen LogP contribution in [-0.2, 0) is 16.0 Å². The molecule has 4 nitrogen and oxygen atoms in total. The van der Waals surface area contributed by atoms with Gasteiger partial charge in [-0.2, -0.15) is 0 Å². The second kappa shape index (κ2) is 7.06. The van der Waals surface area contributed by atoms with E-state index in [9.17, 15) is 9.59 Å². The van der Waals surface area contributed by atoms with Crippen LogP contribution in [0.1, 0.15) is 12.5 Å². The number of hydrogen-bond donors (Lipinski definition) is 2. The van der Waals surface area contributed by atoms with E-state index in [1.54, 1.807) is 0 Å². The van der Waals surface area contributed by atoms with Gasteiger partial charge < -0.3 is 10.6 Å². The highest BCUT2D eigenvalue weighted by Crippen LogP contribution is 2.10. The predicted molar refractivity (Wildman–Crippen MR) is 69.5 cm³/mol. The standard InChI is InChI=1S/C12H15BrN2O2/c1-9(16)14-6-7-15-12(17)8-10-2-4-11(13)5-3-10/h2-5H,6-8H2,1H3,(H,14,16)(H,15,17). The summed E-state index contributed by atoms with van der Waals surface area (Å²) in [4.78, 5) is 22.1. The molecule has 5 heteroatoms. The Bertz CT molecular complexity index is 390. The topological polar surface area (TPSA) is 58.2 Å². The third kappa shape index (κ3) is 6.06. The first-order valence-electron chi connectivity index (χ1n) is 5.33. The highest BCUT2D eigenvalue weighted by Gasteiger charge is 2.02. The molecular formula is C12H15BrN2O2. The monoisotopic (exact) mass is 298 g/mol. The molecule has 2 N–H and O–H groups in total. The molecule has 0 bridgehead atoms. The van der Waals surface area contributed by atoms with Crippen molar-refractivity contribution >= 4 is 27.7 Å². The molecule has 17 heavy (non-hydrogen) atoms. The molecule has 1 rings (SSSR count). The van der Waals surface area contributed by atoms with E-state index >= 15 is 0 Å². The Labute approximate surface area is 109 Å². The van der Waals surface area contributed by atoms with Gasteiger partial charge in [0.2, 0.25) is 11.8 Å². The summed E-state index contributed by atoms with van der Waals surface area (Å²) in [5.74, 6) is -0.134. The van der Waals surface area contributed by atoms with E-state index in [2.05, 4.69) is 26.6 Å². The molecule has 1 aromatic rings. The minimum atomic E-state index is -0.0906. The summed E-state index contributed by atoms with van der Waals surface area (Å²) < 4.78 is 0.993. The van der Waals surface area contributed by atoms with Crippen molar-refractivity contribution in [2.45, 2.75) is 13.3 Å². The van der Waals surface area contributed by atoms with Gasteiger partial charge in [-0.3, -0.25) is 9.59 Å². The third-order valence-corrected chi connectivity index (χ3v) is 2.63. The number of carbonyl (C=O) groups excluding carboxylic acids is 2. The van der Waals surface area contributed by atoms with Crippen molar-refractivity contribution in [3.8, 4) is 0 Å². The van der Waals surface area contributed by atoms with Crippen LogP contribution in [0.4, 0.5) is 0 Å². The van der Waals surface area contributed by atoms with E-state index in [1.807, 2.05) is 24.3 Å². The van der Waals surface area contributed by atoms with E-state index in [0.717, 1.165) is 10.0 Å². The summed E-state index contributed by atoms with van der Waals surface area (Å²) in [5, 5.41) is 5.35. The van der Waals surface area contributed by atoms with Crippen molar-refractivity contribution in [3.63, 3.8) is 0 Å². The largest absolute Gasteiger partial charge is 0.355 e. The van der Waals surface area contributed by atoms with Crippen molar-refractivity contribution < 1.29 is 9.59 Å². The molecule has 0 radical (unpaired) electrons. The Kier molecular flexibility index (Phi) is 5.69. The van der Waals surface area contributed by atoms with Gasteiger partial charge in [-0.05, 0) is 17.7 Å². The molecule has 0 aliphatic heterocycles. The Morgan fingerprint density at radius 1 is 1.12 bits per heavy atom. The Balaban J connectivity index is 2.25. The minimum Gasteiger partial charge on any atom is -0.355 e. The van der Waals surface area contributed by atoms with Gasteiger partial charge in [-0.1, -0.05) is 28.1 Å². The second-order valence-corrected chi connectivity index (χ2v) is 4.55. The van der Waals surface area contributed by atoms with Crippen LogP contribution in [0.2, 0.25) is 0 Å². The summed E-state index contributed by atoms with van der Waals surface area (Å²) in [5.41, 5.74) is 0.963. The zero-order valence-electron chi connectivity index (χ0n) is 9.63. The smallest absolute Gasteiger partial charge is 0.224 e. The molecule has 0 heterocycles. The zero-order chi connectivity index (χ0) is 12.7. The summed E-state index contributed by atoms with van der Waals surface area (Å²) in [6, 6.07) is 7.61. The molecule has 0 aliphatic rings. The van der Waals surface area contributed by atoms with Crippen LogP contribution < -0.4 is 10.6 Å². The molecule has 0 saturated heterocycles. The van der Waals surface area contributed by atoms with Crippen molar-refractivity contribution in [3.05, 3.63) is 34.3 Å². The fraction of sp³-hybridized carbons (Fsp3) is 0.333. The van der Waals surface area contributed by atoms with Crippen LogP contribution in [0.15, 0.2) is 28.7 Å². The lowest BCUT2D eigenvalue weighted by atomic mass is 10.1. The van der Waals surface area contributed by atoms with Crippen LogP contribution in [-0.4, -0.2) is 24.9 Å². The van der Waals surface area contributed by atoms with Gasteiger partial charge in [0.05, 0.1) is 6.42 Å². The summed E-state index contributed by atoms with van der Waals surface area (Å²) in [7, 11) is 0. The summed E-state index contributed by atoms with van der Waals surface area (Å²) in [6.07, 6.45) is 0.355. The lowest BCUT2D eigenvalue weighted by molar-refractivity contribution is -0.121. The minimum absolute atomic E-state index is 0.0438. The second-order valence-electron chi connectivity index (χ2n) is 3.64. The third-order valence-electron chi connectivity index (χ3n) is 2.10. The molecule has 0 aliphatic carbocycles. The lowest BCUT2D eigenvalue weighted by Crippen LogP contribution is -2.34. The Morgan fingerprint density at radius 2 is 1.71 bits per heavy atom. The van der Waals surface area contributed by atoms with Gasteiger partial charge in [-0.25, -0.2) is 0 Å².